The van der Waals surface area contributed by atoms with Gasteiger partial charge >= 0.3 is 5.82 Å². The highest BCUT2D eigenvalue weighted by atomic mass is 16.6. The number of benzene rings is 1. The molecule has 1 aromatic carbocycles. The number of imidazole rings is 1. The SMILES string of the molecule is Cc1ncc([N+](=O)[O-])n1CC(=O)Nc1ccc(C(=O)N2CCCCC2)cc1. The van der Waals surface area contributed by atoms with Crippen LogP contribution >= 0.6 is 0 Å². The smallest absolute Gasteiger partial charge is 0.343 e. The van der Waals surface area contributed by atoms with E-state index in [1.54, 1.807) is 31.2 Å². The number of piperidine rings is 1. The van der Waals surface area contributed by atoms with E-state index >= 15 is 0 Å². The summed E-state index contributed by atoms with van der Waals surface area (Å²) in [5.41, 5.74) is 1.10. The largest absolute Gasteiger partial charge is 0.358 e. The number of rotatable bonds is 5. The van der Waals surface area contributed by atoms with Crippen LogP contribution in [0.25, 0.3) is 0 Å². The van der Waals surface area contributed by atoms with Crippen molar-refractivity contribution in [3.05, 3.63) is 52.0 Å². The molecule has 9 heteroatoms. The fourth-order valence-corrected chi connectivity index (χ4v) is 3.12. The second-order valence-electron chi connectivity index (χ2n) is 6.49. The highest BCUT2D eigenvalue weighted by molar-refractivity contribution is 5.95. The van der Waals surface area contributed by atoms with Crippen LogP contribution in [0.1, 0.15) is 35.4 Å². The number of carbonyl (C=O) groups is 2. The summed E-state index contributed by atoms with van der Waals surface area (Å²) in [6.07, 6.45) is 4.34. The van der Waals surface area contributed by atoms with E-state index in [1.807, 2.05) is 4.90 Å². The van der Waals surface area contributed by atoms with Gasteiger partial charge in [0, 0.05) is 31.3 Å². The van der Waals surface area contributed by atoms with Gasteiger partial charge in [-0.15, -0.1) is 0 Å². The maximum absolute atomic E-state index is 12.4. The normalized spacial score (nSPS) is 14.0. The van der Waals surface area contributed by atoms with E-state index in [2.05, 4.69) is 10.3 Å². The molecule has 1 saturated heterocycles. The lowest BCUT2D eigenvalue weighted by Gasteiger charge is -2.26. The molecule has 142 valence electrons. The molecule has 0 unspecified atom stereocenters. The van der Waals surface area contributed by atoms with Crippen molar-refractivity contribution in [2.24, 2.45) is 0 Å². The Bertz CT molecular complexity index is 853. The number of nitro groups is 1. The molecular formula is C18H21N5O4. The molecule has 0 atom stereocenters. The van der Waals surface area contributed by atoms with Gasteiger partial charge in [-0.05, 0) is 48.5 Å². The lowest BCUT2D eigenvalue weighted by Crippen LogP contribution is -2.35. The van der Waals surface area contributed by atoms with Crippen LogP contribution in [0.5, 0.6) is 0 Å². The summed E-state index contributed by atoms with van der Waals surface area (Å²) < 4.78 is 1.24. The van der Waals surface area contributed by atoms with Gasteiger partial charge in [0.25, 0.3) is 11.8 Å². The summed E-state index contributed by atoms with van der Waals surface area (Å²) in [4.78, 5) is 40.8. The van der Waals surface area contributed by atoms with Crippen LogP contribution < -0.4 is 5.32 Å². The zero-order valence-electron chi connectivity index (χ0n) is 15.1. The summed E-state index contributed by atoms with van der Waals surface area (Å²) in [5.74, 6) is -0.254. The van der Waals surface area contributed by atoms with Gasteiger partial charge in [-0.1, -0.05) is 0 Å². The van der Waals surface area contributed by atoms with Gasteiger partial charge in [0.15, 0.2) is 12.4 Å². The quantitative estimate of drug-likeness (QED) is 0.641. The minimum absolute atomic E-state index is 0.00255. The summed E-state index contributed by atoms with van der Waals surface area (Å²) in [6.45, 7) is 2.94. The molecule has 1 fully saturated rings. The van der Waals surface area contributed by atoms with E-state index in [0.29, 0.717) is 17.1 Å². The van der Waals surface area contributed by atoms with E-state index in [-0.39, 0.29) is 18.3 Å². The Labute approximate surface area is 156 Å². The van der Waals surface area contributed by atoms with Crippen molar-refractivity contribution in [1.82, 2.24) is 14.5 Å². The molecule has 1 aromatic heterocycles. The topological polar surface area (TPSA) is 110 Å². The molecule has 0 saturated carbocycles. The van der Waals surface area contributed by atoms with Crippen molar-refractivity contribution in [2.75, 3.05) is 18.4 Å². The number of nitrogens with one attached hydrogen (secondary N) is 1. The van der Waals surface area contributed by atoms with Crippen molar-refractivity contribution in [3.8, 4) is 0 Å². The Hall–Kier alpha value is -3.23. The van der Waals surface area contributed by atoms with E-state index in [1.165, 1.54) is 4.57 Å². The lowest BCUT2D eigenvalue weighted by molar-refractivity contribution is -0.392. The molecule has 2 aromatic rings. The fraction of sp³-hybridized carbons (Fsp3) is 0.389. The number of amides is 2. The minimum atomic E-state index is -0.575. The first-order chi connectivity index (χ1) is 13.0. The molecule has 0 aliphatic carbocycles. The molecule has 1 aliphatic heterocycles. The monoisotopic (exact) mass is 371 g/mol. The van der Waals surface area contributed by atoms with Gasteiger partial charge in [0.2, 0.25) is 0 Å². The zero-order chi connectivity index (χ0) is 19.4. The Balaban J connectivity index is 1.63. The van der Waals surface area contributed by atoms with Crippen molar-refractivity contribution in [3.63, 3.8) is 0 Å². The Morgan fingerprint density at radius 3 is 2.48 bits per heavy atom. The molecule has 9 nitrogen and oxygen atoms in total. The molecule has 1 N–H and O–H groups in total. The van der Waals surface area contributed by atoms with Crippen molar-refractivity contribution >= 4 is 23.3 Å². The van der Waals surface area contributed by atoms with Crippen LogP contribution in [0.15, 0.2) is 30.5 Å². The molecule has 0 spiro atoms. The predicted molar refractivity (Wildman–Crippen MR) is 98.4 cm³/mol. The number of hydrogen-bond donors (Lipinski definition) is 1. The summed E-state index contributed by atoms with van der Waals surface area (Å²) >= 11 is 0. The molecule has 27 heavy (non-hydrogen) atoms. The summed E-state index contributed by atoms with van der Waals surface area (Å²) in [6, 6.07) is 6.67. The molecule has 1 aliphatic rings. The highest BCUT2D eigenvalue weighted by Gasteiger charge is 2.21. The maximum atomic E-state index is 12.4. The number of nitrogens with zero attached hydrogens (tertiary/aromatic N) is 4. The van der Waals surface area contributed by atoms with Crippen molar-refractivity contribution in [2.45, 2.75) is 32.7 Å². The first-order valence-electron chi connectivity index (χ1n) is 8.81. The Kier molecular flexibility index (Phi) is 5.49. The second-order valence-corrected chi connectivity index (χ2v) is 6.49. The number of carbonyl (C=O) groups excluding carboxylic acids is 2. The van der Waals surface area contributed by atoms with Crippen LogP contribution in [-0.4, -0.2) is 44.3 Å². The van der Waals surface area contributed by atoms with Crippen LogP contribution in [-0.2, 0) is 11.3 Å². The maximum Gasteiger partial charge on any atom is 0.343 e. The van der Waals surface area contributed by atoms with Gasteiger partial charge < -0.3 is 20.3 Å². The third-order valence-electron chi connectivity index (χ3n) is 4.58. The second kappa shape index (κ2) is 7.98. The van der Waals surface area contributed by atoms with E-state index in [9.17, 15) is 19.7 Å². The summed E-state index contributed by atoms with van der Waals surface area (Å²) in [5, 5.41) is 13.7. The first kappa shape index (κ1) is 18.6. The third-order valence-corrected chi connectivity index (χ3v) is 4.58. The number of likely N-dealkylation sites (tertiary alicyclic amines) is 1. The van der Waals surface area contributed by atoms with Crippen molar-refractivity contribution < 1.29 is 14.5 Å². The molecule has 0 radical (unpaired) electrons. The van der Waals surface area contributed by atoms with E-state index < -0.39 is 10.8 Å². The van der Waals surface area contributed by atoms with Crippen molar-refractivity contribution in [1.29, 1.82) is 0 Å². The van der Waals surface area contributed by atoms with E-state index in [4.69, 9.17) is 0 Å². The van der Waals surface area contributed by atoms with Gasteiger partial charge in [-0.2, -0.15) is 0 Å². The lowest BCUT2D eigenvalue weighted by atomic mass is 10.1. The minimum Gasteiger partial charge on any atom is -0.358 e. The van der Waals surface area contributed by atoms with Crippen LogP contribution in [0, 0.1) is 17.0 Å². The molecule has 2 heterocycles. The van der Waals surface area contributed by atoms with Crippen LogP contribution in [0.2, 0.25) is 0 Å². The molecule has 0 bridgehead atoms. The molecular weight excluding hydrogens is 350 g/mol. The van der Waals surface area contributed by atoms with Gasteiger partial charge in [0.05, 0.1) is 0 Å². The van der Waals surface area contributed by atoms with E-state index in [0.717, 1.165) is 38.5 Å². The highest BCUT2D eigenvalue weighted by Crippen LogP contribution is 2.17. The number of aromatic nitrogens is 2. The number of hydrogen-bond acceptors (Lipinski definition) is 5. The van der Waals surface area contributed by atoms with Gasteiger partial charge in [-0.25, -0.2) is 9.55 Å². The zero-order valence-corrected chi connectivity index (χ0v) is 15.1. The first-order valence-corrected chi connectivity index (χ1v) is 8.81. The Morgan fingerprint density at radius 1 is 1.19 bits per heavy atom. The van der Waals surface area contributed by atoms with Gasteiger partial charge in [-0.3, -0.25) is 9.59 Å². The standard InChI is InChI=1S/C18H21N5O4/c1-13-19-11-17(23(26)27)22(13)12-16(24)20-15-7-5-14(6-8-15)18(25)21-9-3-2-4-10-21/h5-8,11H,2-4,9-10,12H2,1H3,(H,20,24). The average molecular weight is 371 g/mol. The molecule has 3 rings (SSSR count). The van der Waals surface area contributed by atoms with Crippen LogP contribution in [0.3, 0.4) is 0 Å². The fourth-order valence-electron chi connectivity index (χ4n) is 3.12. The number of anilines is 1. The predicted octanol–water partition coefficient (Wildman–Crippen LogP) is 2.36. The average Bonchev–Trinajstić information content (AvgIpc) is 3.03. The van der Waals surface area contributed by atoms with Crippen LogP contribution in [0.4, 0.5) is 11.5 Å². The molecule has 2 amide bonds. The Morgan fingerprint density at radius 2 is 1.85 bits per heavy atom. The summed E-state index contributed by atoms with van der Waals surface area (Å²) in [7, 11) is 0. The van der Waals surface area contributed by atoms with Gasteiger partial charge in [0.1, 0.15) is 6.20 Å². The third kappa shape index (κ3) is 4.30. The number of aryl methyl sites for hydroxylation is 1.